The number of epoxide rings is 1. The number of halogens is 3. The Morgan fingerprint density at radius 2 is 1.88 bits per heavy atom. The van der Waals surface area contributed by atoms with E-state index in [1.54, 1.807) is 6.07 Å². The number of ketones is 1. The van der Waals surface area contributed by atoms with Crippen LogP contribution in [-0.4, -0.2) is 18.1 Å². The predicted molar refractivity (Wildman–Crippen MR) is 49.7 cm³/mol. The van der Waals surface area contributed by atoms with Crippen molar-refractivity contribution in [2.75, 3.05) is 0 Å². The molecule has 2 unspecified atom stereocenters. The van der Waals surface area contributed by atoms with Crippen LogP contribution in [0.1, 0.15) is 12.5 Å². The molecule has 0 bridgehead atoms. The molecule has 16 heavy (non-hydrogen) atoms. The minimum absolute atomic E-state index is 0.0253. The SMILES string of the molecule is CC(=O)C1OC1(c1ccccc1)C(F)(F)F. The van der Waals surface area contributed by atoms with Gasteiger partial charge in [-0.05, 0) is 12.5 Å². The number of Topliss-reactive ketones (excluding diaryl/α,β-unsaturated/α-hetero) is 1. The maximum atomic E-state index is 12.9. The molecule has 0 N–H and O–H groups in total. The Morgan fingerprint density at radius 1 is 1.31 bits per heavy atom. The van der Waals surface area contributed by atoms with Crippen LogP contribution in [0.3, 0.4) is 0 Å². The third-order valence-corrected chi connectivity index (χ3v) is 2.61. The van der Waals surface area contributed by atoms with Gasteiger partial charge in [0.1, 0.15) is 0 Å². The summed E-state index contributed by atoms with van der Waals surface area (Å²) in [5.74, 6) is -0.610. The zero-order valence-corrected chi connectivity index (χ0v) is 8.41. The van der Waals surface area contributed by atoms with Gasteiger partial charge in [-0.1, -0.05) is 30.3 Å². The van der Waals surface area contributed by atoms with Crippen molar-refractivity contribution in [1.29, 1.82) is 0 Å². The third-order valence-electron chi connectivity index (χ3n) is 2.61. The Labute approximate surface area is 90.0 Å². The fraction of sp³-hybridized carbons (Fsp3) is 0.364. The van der Waals surface area contributed by atoms with E-state index < -0.39 is 23.7 Å². The number of hydrogen-bond acceptors (Lipinski definition) is 2. The molecule has 2 rings (SSSR count). The van der Waals surface area contributed by atoms with Crippen LogP contribution in [0.4, 0.5) is 13.2 Å². The zero-order valence-electron chi connectivity index (χ0n) is 8.41. The molecule has 0 aromatic heterocycles. The van der Waals surface area contributed by atoms with E-state index in [0.717, 1.165) is 6.92 Å². The highest BCUT2D eigenvalue weighted by Gasteiger charge is 2.76. The molecule has 1 aromatic carbocycles. The van der Waals surface area contributed by atoms with Gasteiger partial charge in [0, 0.05) is 0 Å². The van der Waals surface area contributed by atoms with Crippen molar-refractivity contribution in [3.8, 4) is 0 Å². The van der Waals surface area contributed by atoms with Crippen LogP contribution < -0.4 is 0 Å². The van der Waals surface area contributed by atoms with Crippen molar-refractivity contribution in [2.45, 2.75) is 24.8 Å². The van der Waals surface area contributed by atoms with Crippen molar-refractivity contribution in [1.82, 2.24) is 0 Å². The zero-order chi connectivity index (χ0) is 12.0. The van der Waals surface area contributed by atoms with Gasteiger partial charge in [0.2, 0.25) is 5.60 Å². The molecule has 0 spiro atoms. The number of carbonyl (C=O) groups excluding carboxylic acids is 1. The Bertz CT molecular complexity index is 413. The van der Waals surface area contributed by atoms with Crippen LogP contribution in [0.5, 0.6) is 0 Å². The van der Waals surface area contributed by atoms with Gasteiger partial charge in [-0.25, -0.2) is 0 Å². The molecule has 2 atom stereocenters. The number of carbonyl (C=O) groups is 1. The minimum atomic E-state index is -4.58. The van der Waals surface area contributed by atoms with E-state index in [0.29, 0.717) is 0 Å². The summed E-state index contributed by atoms with van der Waals surface area (Å²) < 4.78 is 43.4. The number of alkyl halides is 3. The molecule has 0 aliphatic carbocycles. The van der Waals surface area contributed by atoms with Crippen molar-refractivity contribution in [3.05, 3.63) is 35.9 Å². The lowest BCUT2D eigenvalue weighted by Gasteiger charge is -2.16. The van der Waals surface area contributed by atoms with Gasteiger partial charge in [0.15, 0.2) is 11.9 Å². The largest absolute Gasteiger partial charge is 0.424 e. The summed E-state index contributed by atoms with van der Waals surface area (Å²) in [5, 5.41) is 0. The van der Waals surface area contributed by atoms with Crippen molar-refractivity contribution in [3.63, 3.8) is 0 Å². The molecule has 5 heteroatoms. The maximum absolute atomic E-state index is 12.9. The number of benzene rings is 1. The Balaban J connectivity index is 2.44. The van der Waals surface area contributed by atoms with Crippen LogP contribution in [0.2, 0.25) is 0 Å². The van der Waals surface area contributed by atoms with Gasteiger partial charge >= 0.3 is 6.18 Å². The van der Waals surface area contributed by atoms with E-state index in [1.807, 2.05) is 0 Å². The van der Waals surface area contributed by atoms with Gasteiger partial charge in [-0.2, -0.15) is 13.2 Å². The first-order valence-corrected chi connectivity index (χ1v) is 4.70. The van der Waals surface area contributed by atoms with Crippen molar-refractivity contribution < 1.29 is 22.7 Å². The summed E-state index contributed by atoms with van der Waals surface area (Å²) in [7, 11) is 0. The van der Waals surface area contributed by atoms with E-state index in [4.69, 9.17) is 0 Å². The second kappa shape index (κ2) is 3.31. The Kier molecular flexibility index (Phi) is 2.31. The van der Waals surface area contributed by atoms with Gasteiger partial charge in [-0.3, -0.25) is 4.79 Å². The van der Waals surface area contributed by atoms with Gasteiger partial charge in [0.25, 0.3) is 0 Å². The molecule has 1 aliphatic heterocycles. The van der Waals surface area contributed by atoms with E-state index >= 15 is 0 Å². The normalized spacial score (nSPS) is 28.9. The molecular formula is C11H9F3O2. The lowest BCUT2D eigenvalue weighted by atomic mass is 9.93. The third kappa shape index (κ3) is 1.43. The first-order chi connectivity index (χ1) is 7.39. The summed E-state index contributed by atoms with van der Waals surface area (Å²) >= 11 is 0. The molecule has 0 radical (unpaired) electrons. The summed E-state index contributed by atoms with van der Waals surface area (Å²) in [6.07, 6.45) is -5.99. The second-order valence-electron chi connectivity index (χ2n) is 3.71. The van der Waals surface area contributed by atoms with Gasteiger partial charge < -0.3 is 4.74 Å². The lowest BCUT2D eigenvalue weighted by Crippen LogP contribution is -2.34. The summed E-state index contributed by atoms with van der Waals surface area (Å²) in [6, 6.07) is 7.22. The highest BCUT2D eigenvalue weighted by molar-refractivity contribution is 5.85. The standard InChI is InChI=1S/C11H9F3O2/c1-7(15)9-10(16-9,11(12,13)14)8-5-3-2-4-6-8/h2-6,9H,1H3. The molecule has 1 fully saturated rings. The lowest BCUT2D eigenvalue weighted by molar-refractivity contribution is -0.187. The predicted octanol–water partition coefficient (Wildman–Crippen LogP) is 2.43. The summed E-state index contributed by atoms with van der Waals surface area (Å²) in [6.45, 7) is 1.10. The molecule has 86 valence electrons. The highest BCUT2D eigenvalue weighted by atomic mass is 19.4. The quantitative estimate of drug-likeness (QED) is 0.730. The first-order valence-electron chi connectivity index (χ1n) is 4.70. The molecule has 0 saturated carbocycles. The number of hydrogen-bond donors (Lipinski definition) is 0. The Hall–Kier alpha value is -1.36. The smallest absolute Gasteiger partial charge is 0.343 e. The average Bonchev–Trinajstić information content (AvgIpc) is 2.94. The van der Waals surface area contributed by atoms with Crippen molar-refractivity contribution >= 4 is 5.78 Å². The van der Waals surface area contributed by atoms with Gasteiger partial charge in [-0.15, -0.1) is 0 Å². The number of ether oxygens (including phenoxy) is 1. The van der Waals surface area contributed by atoms with E-state index in [-0.39, 0.29) is 5.56 Å². The van der Waals surface area contributed by atoms with E-state index in [9.17, 15) is 18.0 Å². The fourth-order valence-electron chi connectivity index (χ4n) is 1.81. The average molecular weight is 230 g/mol. The molecular weight excluding hydrogens is 221 g/mol. The van der Waals surface area contributed by atoms with E-state index in [1.165, 1.54) is 24.3 Å². The van der Waals surface area contributed by atoms with Crippen molar-refractivity contribution in [2.24, 2.45) is 0 Å². The topological polar surface area (TPSA) is 29.6 Å². The number of rotatable bonds is 2. The second-order valence-corrected chi connectivity index (χ2v) is 3.71. The molecule has 0 amide bonds. The Morgan fingerprint density at radius 3 is 2.25 bits per heavy atom. The van der Waals surface area contributed by atoms with Crippen LogP contribution in [0, 0.1) is 0 Å². The molecule has 2 nitrogen and oxygen atoms in total. The minimum Gasteiger partial charge on any atom is -0.343 e. The summed E-state index contributed by atoms with van der Waals surface area (Å²) in [5.41, 5.74) is -2.46. The molecule has 1 aliphatic rings. The molecule has 1 heterocycles. The first kappa shape index (κ1) is 11.1. The van der Waals surface area contributed by atoms with Crippen LogP contribution in [0.15, 0.2) is 30.3 Å². The molecule has 1 saturated heterocycles. The summed E-state index contributed by atoms with van der Waals surface area (Å²) in [4.78, 5) is 11.0. The molecule has 1 aromatic rings. The van der Waals surface area contributed by atoms with Crippen LogP contribution in [0.25, 0.3) is 0 Å². The van der Waals surface area contributed by atoms with Crippen LogP contribution >= 0.6 is 0 Å². The maximum Gasteiger partial charge on any atom is 0.424 e. The van der Waals surface area contributed by atoms with Gasteiger partial charge in [0.05, 0.1) is 0 Å². The monoisotopic (exact) mass is 230 g/mol. The fourth-order valence-corrected chi connectivity index (χ4v) is 1.81. The van der Waals surface area contributed by atoms with E-state index in [2.05, 4.69) is 4.74 Å². The van der Waals surface area contributed by atoms with Crippen LogP contribution in [-0.2, 0) is 15.1 Å². The highest BCUT2D eigenvalue weighted by Crippen LogP contribution is 2.57.